The van der Waals surface area contributed by atoms with Crippen molar-refractivity contribution in [3.8, 4) is 0 Å². The van der Waals surface area contributed by atoms with Gasteiger partial charge in [0, 0.05) is 31.1 Å². The number of aromatic nitrogens is 1. The van der Waals surface area contributed by atoms with Crippen molar-refractivity contribution in [2.45, 2.75) is 13.5 Å². The number of pyridine rings is 1. The topological polar surface area (TPSA) is 34.2 Å². The van der Waals surface area contributed by atoms with Crippen LogP contribution in [0.5, 0.6) is 0 Å². The van der Waals surface area contributed by atoms with Gasteiger partial charge in [-0.15, -0.1) is 0 Å². The number of rotatable bonds is 4. The van der Waals surface area contributed by atoms with E-state index in [2.05, 4.69) is 23.4 Å². The minimum Gasteiger partial charge on any atom is -0.385 e. The predicted molar refractivity (Wildman–Crippen MR) is 47.9 cm³/mol. The second-order valence-electron chi connectivity index (χ2n) is 2.41. The first-order valence-electron chi connectivity index (χ1n) is 3.96. The van der Waals surface area contributed by atoms with Crippen LogP contribution in [-0.4, -0.2) is 18.6 Å². The Balaban J connectivity index is 2.77. The molecule has 1 rings (SSSR count). The highest BCUT2D eigenvalue weighted by Gasteiger charge is 1.99. The van der Waals surface area contributed by atoms with Gasteiger partial charge in [0.25, 0.3) is 0 Å². The molecule has 3 heteroatoms. The molecule has 0 saturated heterocycles. The highest BCUT2D eigenvalue weighted by molar-refractivity contribution is 5.48. The lowest BCUT2D eigenvalue weighted by Crippen LogP contribution is -2.02. The summed E-state index contributed by atoms with van der Waals surface area (Å²) in [6, 6.07) is 1.92. The van der Waals surface area contributed by atoms with Crippen molar-refractivity contribution in [2.24, 2.45) is 0 Å². The van der Waals surface area contributed by atoms with Crippen LogP contribution in [0.25, 0.3) is 0 Å². The van der Waals surface area contributed by atoms with Gasteiger partial charge in [-0.2, -0.15) is 0 Å². The molecular weight excluding hydrogens is 152 g/mol. The van der Waals surface area contributed by atoms with E-state index in [1.807, 2.05) is 6.07 Å². The fourth-order valence-electron chi connectivity index (χ4n) is 0.998. The van der Waals surface area contributed by atoms with Gasteiger partial charge >= 0.3 is 0 Å². The molecule has 1 heterocycles. The third-order valence-corrected chi connectivity index (χ3v) is 1.50. The van der Waals surface area contributed by atoms with E-state index in [0.717, 1.165) is 17.8 Å². The minimum atomic E-state index is 0.552. The summed E-state index contributed by atoms with van der Waals surface area (Å²) in [6.07, 6.45) is 4.60. The van der Waals surface area contributed by atoms with Gasteiger partial charge in [-0.3, -0.25) is 4.98 Å². The summed E-state index contributed by atoms with van der Waals surface area (Å²) in [5, 5.41) is 3.21. The van der Waals surface area contributed by atoms with E-state index in [4.69, 9.17) is 4.74 Å². The molecule has 0 aromatic carbocycles. The van der Waals surface area contributed by atoms with Gasteiger partial charge in [-0.1, -0.05) is 0 Å². The van der Waals surface area contributed by atoms with Crippen molar-refractivity contribution in [2.75, 3.05) is 19.0 Å². The van der Waals surface area contributed by atoms with Crippen molar-refractivity contribution in [3.05, 3.63) is 24.0 Å². The summed E-state index contributed by atoms with van der Waals surface area (Å²) in [7, 11) is 1.66. The SMILES string of the molecule is CCNc1ccn[c]c1COC. The van der Waals surface area contributed by atoms with Crippen LogP contribution >= 0.6 is 0 Å². The number of hydrogen-bond acceptors (Lipinski definition) is 3. The normalized spacial score (nSPS) is 9.83. The van der Waals surface area contributed by atoms with Crippen LogP contribution in [0, 0.1) is 6.20 Å². The molecule has 1 radical (unpaired) electrons. The maximum absolute atomic E-state index is 5.00. The molecule has 3 nitrogen and oxygen atoms in total. The third kappa shape index (κ3) is 2.20. The van der Waals surface area contributed by atoms with E-state index < -0.39 is 0 Å². The van der Waals surface area contributed by atoms with Crippen LogP contribution in [0.15, 0.2) is 12.3 Å². The number of methoxy groups -OCH3 is 1. The lowest BCUT2D eigenvalue weighted by molar-refractivity contribution is 0.185. The van der Waals surface area contributed by atoms with Gasteiger partial charge < -0.3 is 10.1 Å². The van der Waals surface area contributed by atoms with Crippen LogP contribution in [0.2, 0.25) is 0 Å². The molecule has 65 valence electrons. The number of nitrogens with one attached hydrogen (secondary N) is 1. The molecule has 0 aliphatic rings. The van der Waals surface area contributed by atoms with E-state index in [-0.39, 0.29) is 0 Å². The molecule has 0 bridgehead atoms. The van der Waals surface area contributed by atoms with Gasteiger partial charge in [-0.05, 0) is 13.0 Å². The molecule has 0 saturated carbocycles. The number of anilines is 1. The maximum Gasteiger partial charge on any atom is 0.0966 e. The zero-order chi connectivity index (χ0) is 8.81. The van der Waals surface area contributed by atoms with Crippen molar-refractivity contribution in [1.29, 1.82) is 0 Å². The first-order chi connectivity index (χ1) is 5.88. The van der Waals surface area contributed by atoms with Crippen LogP contribution in [0.3, 0.4) is 0 Å². The first kappa shape index (κ1) is 9.00. The molecular formula is C9H13N2O. The van der Waals surface area contributed by atoms with Gasteiger partial charge in [-0.25, -0.2) is 0 Å². The standard InChI is InChI=1S/C9H13N2O/c1-3-11-9-4-5-10-6-8(9)7-12-2/h4-5H,3,7H2,1-2H3,(H,10,11). The highest BCUT2D eigenvalue weighted by Crippen LogP contribution is 2.12. The molecule has 0 spiro atoms. The summed E-state index contributed by atoms with van der Waals surface area (Å²) < 4.78 is 5.00. The molecule has 0 aliphatic carbocycles. The van der Waals surface area contributed by atoms with Crippen LogP contribution in [0.1, 0.15) is 12.5 Å². The molecule has 1 aromatic heterocycles. The quantitative estimate of drug-likeness (QED) is 0.733. The fraction of sp³-hybridized carbons (Fsp3) is 0.444. The highest BCUT2D eigenvalue weighted by atomic mass is 16.5. The number of nitrogens with zero attached hydrogens (tertiary/aromatic N) is 1. The monoisotopic (exact) mass is 165 g/mol. The molecule has 0 atom stereocenters. The Labute approximate surface area is 72.8 Å². The van der Waals surface area contributed by atoms with Crippen LogP contribution in [-0.2, 0) is 11.3 Å². The van der Waals surface area contributed by atoms with Gasteiger partial charge in [0.15, 0.2) is 0 Å². The van der Waals surface area contributed by atoms with Crippen molar-refractivity contribution < 1.29 is 4.74 Å². The zero-order valence-electron chi connectivity index (χ0n) is 7.42. The Morgan fingerprint density at radius 3 is 3.17 bits per heavy atom. The number of ether oxygens (including phenoxy) is 1. The summed E-state index contributed by atoms with van der Waals surface area (Å²) in [4.78, 5) is 3.90. The van der Waals surface area contributed by atoms with E-state index in [9.17, 15) is 0 Å². The summed E-state index contributed by atoms with van der Waals surface area (Å²) in [5.74, 6) is 0. The average Bonchev–Trinajstić information content (AvgIpc) is 2.09. The minimum absolute atomic E-state index is 0.552. The number of hydrogen-bond donors (Lipinski definition) is 1. The van der Waals surface area contributed by atoms with Gasteiger partial charge in [0.05, 0.1) is 12.8 Å². The predicted octanol–water partition coefficient (Wildman–Crippen LogP) is 1.46. The molecule has 0 aliphatic heterocycles. The molecule has 12 heavy (non-hydrogen) atoms. The second kappa shape index (κ2) is 4.72. The average molecular weight is 165 g/mol. The molecule has 0 fully saturated rings. The molecule has 1 aromatic rings. The smallest absolute Gasteiger partial charge is 0.0966 e. The summed E-state index contributed by atoms with van der Waals surface area (Å²) in [6.45, 7) is 3.50. The Kier molecular flexibility index (Phi) is 3.54. The maximum atomic E-state index is 5.00. The molecule has 1 N–H and O–H groups in total. The lowest BCUT2D eigenvalue weighted by atomic mass is 10.2. The first-order valence-corrected chi connectivity index (χ1v) is 3.96. The van der Waals surface area contributed by atoms with E-state index >= 15 is 0 Å². The Bertz CT molecular complexity index is 213. The second-order valence-corrected chi connectivity index (χ2v) is 2.41. The Morgan fingerprint density at radius 1 is 1.67 bits per heavy atom. The summed E-state index contributed by atoms with van der Waals surface area (Å²) in [5.41, 5.74) is 2.02. The van der Waals surface area contributed by atoms with E-state index in [1.165, 1.54) is 0 Å². The molecule has 0 unspecified atom stereocenters. The van der Waals surface area contributed by atoms with Gasteiger partial charge in [0.1, 0.15) is 0 Å². The van der Waals surface area contributed by atoms with E-state index in [0.29, 0.717) is 6.61 Å². The van der Waals surface area contributed by atoms with Gasteiger partial charge in [0.2, 0.25) is 0 Å². The van der Waals surface area contributed by atoms with Crippen molar-refractivity contribution >= 4 is 5.69 Å². The van der Waals surface area contributed by atoms with Crippen molar-refractivity contribution in [3.63, 3.8) is 0 Å². The van der Waals surface area contributed by atoms with Crippen LogP contribution < -0.4 is 5.32 Å². The Hall–Kier alpha value is -1.09. The molecule has 0 amide bonds. The lowest BCUT2D eigenvalue weighted by Gasteiger charge is -2.07. The van der Waals surface area contributed by atoms with Crippen LogP contribution in [0.4, 0.5) is 5.69 Å². The Morgan fingerprint density at radius 2 is 2.50 bits per heavy atom. The zero-order valence-corrected chi connectivity index (χ0v) is 7.42. The summed E-state index contributed by atoms with van der Waals surface area (Å²) >= 11 is 0. The third-order valence-electron chi connectivity index (χ3n) is 1.50. The van der Waals surface area contributed by atoms with Crippen molar-refractivity contribution in [1.82, 2.24) is 4.98 Å². The fourth-order valence-corrected chi connectivity index (χ4v) is 0.998. The van der Waals surface area contributed by atoms with E-state index in [1.54, 1.807) is 13.3 Å². The largest absolute Gasteiger partial charge is 0.385 e.